The van der Waals surface area contributed by atoms with Gasteiger partial charge in [-0.15, -0.1) is 0 Å². The molecule has 8 heteroatoms. The van der Waals surface area contributed by atoms with Gasteiger partial charge < -0.3 is 9.64 Å². The second-order valence-corrected chi connectivity index (χ2v) is 7.37. The maximum atomic E-state index is 13.1. The zero-order valence-corrected chi connectivity index (χ0v) is 15.7. The van der Waals surface area contributed by atoms with Gasteiger partial charge in [-0.05, 0) is 31.4 Å². The van der Waals surface area contributed by atoms with E-state index in [1.165, 1.54) is 6.20 Å². The third kappa shape index (κ3) is 4.06. The fourth-order valence-corrected chi connectivity index (χ4v) is 3.87. The number of alkyl halides is 3. The molecular formula is C20H23F3N4O. The van der Waals surface area contributed by atoms with Crippen molar-refractivity contribution < 1.29 is 17.9 Å². The summed E-state index contributed by atoms with van der Waals surface area (Å²) in [6, 6.07) is 9.19. The van der Waals surface area contributed by atoms with Crippen LogP contribution in [-0.2, 0) is 12.7 Å². The summed E-state index contributed by atoms with van der Waals surface area (Å²) < 4.78 is 44.6. The van der Waals surface area contributed by atoms with Crippen LogP contribution in [0.15, 0.2) is 36.5 Å². The first-order chi connectivity index (χ1) is 13.5. The van der Waals surface area contributed by atoms with Gasteiger partial charge in [0.25, 0.3) is 0 Å². The Morgan fingerprint density at radius 2 is 1.93 bits per heavy atom. The van der Waals surface area contributed by atoms with E-state index in [4.69, 9.17) is 4.74 Å². The molecule has 1 aliphatic heterocycles. The Labute approximate surface area is 162 Å². The Balaban J connectivity index is 1.50. The monoisotopic (exact) mass is 392 g/mol. The lowest BCUT2D eigenvalue weighted by molar-refractivity contribution is -0.141. The first-order valence-electron chi connectivity index (χ1n) is 9.48. The molecule has 1 saturated heterocycles. The van der Waals surface area contributed by atoms with Crippen molar-refractivity contribution in [1.29, 1.82) is 0 Å². The molecule has 1 aromatic heterocycles. The number of likely N-dealkylation sites (tertiary alicyclic amines) is 1. The molecule has 1 aliphatic carbocycles. The fourth-order valence-electron chi connectivity index (χ4n) is 3.87. The highest BCUT2D eigenvalue weighted by atomic mass is 19.4. The van der Waals surface area contributed by atoms with Crippen LogP contribution >= 0.6 is 0 Å². The maximum Gasteiger partial charge on any atom is 0.433 e. The number of nitrogens with zero attached hydrogens (tertiary/aromatic N) is 4. The summed E-state index contributed by atoms with van der Waals surface area (Å²) in [5, 5.41) is 0. The first kappa shape index (κ1) is 19.0. The predicted octanol–water partition coefficient (Wildman–Crippen LogP) is 3.75. The molecule has 2 heterocycles. The number of ether oxygens (including phenoxy) is 1. The van der Waals surface area contributed by atoms with E-state index < -0.39 is 11.9 Å². The molecule has 150 valence electrons. The van der Waals surface area contributed by atoms with Crippen LogP contribution in [0.4, 0.5) is 19.1 Å². The smallest absolute Gasteiger partial charge is 0.433 e. The second-order valence-electron chi connectivity index (χ2n) is 7.37. The minimum Gasteiger partial charge on any atom is -0.496 e. The largest absolute Gasteiger partial charge is 0.496 e. The third-order valence-corrected chi connectivity index (χ3v) is 5.33. The lowest BCUT2D eigenvalue weighted by Gasteiger charge is -2.29. The Morgan fingerprint density at radius 1 is 1.14 bits per heavy atom. The van der Waals surface area contributed by atoms with Crippen LogP contribution in [0.5, 0.6) is 5.75 Å². The quantitative estimate of drug-likeness (QED) is 0.749. The van der Waals surface area contributed by atoms with Crippen LogP contribution in [0, 0.1) is 0 Å². The van der Waals surface area contributed by atoms with Crippen LogP contribution in [0.2, 0.25) is 0 Å². The van der Waals surface area contributed by atoms with Crippen molar-refractivity contribution in [2.24, 2.45) is 0 Å². The molecular weight excluding hydrogens is 369 g/mol. The van der Waals surface area contributed by atoms with Crippen LogP contribution in [0.1, 0.15) is 30.5 Å². The topological polar surface area (TPSA) is 41.5 Å². The highest BCUT2D eigenvalue weighted by molar-refractivity contribution is 5.38. The molecule has 2 aromatic rings. The van der Waals surface area contributed by atoms with Gasteiger partial charge in [-0.1, -0.05) is 18.2 Å². The van der Waals surface area contributed by atoms with E-state index >= 15 is 0 Å². The van der Waals surface area contributed by atoms with E-state index in [0.717, 1.165) is 56.3 Å². The van der Waals surface area contributed by atoms with Crippen LogP contribution < -0.4 is 9.64 Å². The number of rotatable bonds is 6. The van der Waals surface area contributed by atoms with Gasteiger partial charge in [-0.2, -0.15) is 13.2 Å². The van der Waals surface area contributed by atoms with Crippen LogP contribution in [0.3, 0.4) is 0 Å². The number of hydrogen-bond acceptors (Lipinski definition) is 5. The SMILES string of the molecule is COc1ccccc1CN1CCC(N(c2nccc(C(F)(F)F)n2)C2CC2)C1. The summed E-state index contributed by atoms with van der Waals surface area (Å²) in [5.41, 5.74) is 0.228. The van der Waals surface area contributed by atoms with Crippen molar-refractivity contribution in [2.75, 3.05) is 25.1 Å². The van der Waals surface area contributed by atoms with Gasteiger partial charge in [0.15, 0.2) is 0 Å². The minimum atomic E-state index is -4.46. The Hall–Kier alpha value is -2.35. The van der Waals surface area contributed by atoms with Gasteiger partial charge in [0.05, 0.1) is 7.11 Å². The predicted molar refractivity (Wildman–Crippen MR) is 99.2 cm³/mol. The van der Waals surface area contributed by atoms with Gasteiger partial charge in [0.1, 0.15) is 11.4 Å². The summed E-state index contributed by atoms with van der Waals surface area (Å²) in [6.45, 7) is 2.40. The summed E-state index contributed by atoms with van der Waals surface area (Å²) in [6.07, 6.45) is -0.420. The molecule has 1 aromatic carbocycles. The van der Waals surface area contributed by atoms with Gasteiger partial charge >= 0.3 is 6.18 Å². The molecule has 28 heavy (non-hydrogen) atoms. The molecule has 2 fully saturated rings. The number of anilines is 1. The Morgan fingerprint density at radius 3 is 2.64 bits per heavy atom. The van der Waals surface area contributed by atoms with Crippen molar-refractivity contribution in [1.82, 2.24) is 14.9 Å². The molecule has 1 unspecified atom stereocenters. The number of hydrogen-bond donors (Lipinski definition) is 0. The highest BCUT2D eigenvalue weighted by Gasteiger charge is 2.40. The molecule has 2 aliphatic rings. The molecule has 4 rings (SSSR count). The number of benzene rings is 1. The van der Waals surface area contributed by atoms with Crippen LogP contribution in [0.25, 0.3) is 0 Å². The molecule has 1 atom stereocenters. The van der Waals surface area contributed by atoms with Gasteiger partial charge in [0, 0.05) is 43.5 Å². The third-order valence-electron chi connectivity index (χ3n) is 5.33. The highest BCUT2D eigenvalue weighted by Crippen LogP contribution is 2.36. The normalized spacial score (nSPS) is 20.4. The number of methoxy groups -OCH3 is 1. The number of aromatic nitrogens is 2. The molecule has 0 radical (unpaired) electrons. The molecule has 1 saturated carbocycles. The van der Waals surface area contributed by atoms with Gasteiger partial charge in [-0.25, -0.2) is 9.97 Å². The van der Waals surface area contributed by atoms with Crippen molar-refractivity contribution >= 4 is 5.95 Å². The molecule has 0 spiro atoms. The fraction of sp³-hybridized carbons (Fsp3) is 0.500. The molecule has 5 nitrogen and oxygen atoms in total. The summed E-state index contributed by atoms with van der Waals surface area (Å²) in [4.78, 5) is 12.3. The van der Waals surface area contributed by atoms with E-state index in [9.17, 15) is 13.2 Å². The van der Waals surface area contributed by atoms with E-state index in [1.54, 1.807) is 7.11 Å². The Kier molecular flexibility index (Phi) is 5.14. The maximum absolute atomic E-state index is 13.1. The first-order valence-corrected chi connectivity index (χ1v) is 9.48. The molecule has 0 bridgehead atoms. The zero-order valence-electron chi connectivity index (χ0n) is 15.7. The van der Waals surface area contributed by atoms with Crippen molar-refractivity contribution in [3.05, 3.63) is 47.8 Å². The average molecular weight is 392 g/mol. The molecule has 0 N–H and O–H groups in total. The standard InChI is InChI=1S/C20H23F3N4O/c1-28-17-5-3-2-4-14(17)12-26-11-9-16(13-26)27(15-6-7-15)19-24-10-8-18(25-19)20(21,22)23/h2-5,8,10,15-16H,6-7,9,11-13H2,1H3. The van der Waals surface area contributed by atoms with Gasteiger partial charge in [0.2, 0.25) is 5.95 Å². The average Bonchev–Trinajstić information content (AvgIpc) is 3.41. The van der Waals surface area contributed by atoms with E-state index in [1.807, 2.05) is 29.2 Å². The lowest BCUT2D eigenvalue weighted by atomic mass is 10.2. The van der Waals surface area contributed by atoms with Crippen molar-refractivity contribution in [2.45, 2.75) is 44.1 Å². The van der Waals surface area contributed by atoms with E-state index in [-0.39, 0.29) is 18.0 Å². The van der Waals surface area contributed by atoms with Crippen molar-refractivity contribution in [3.63, 3.8) is 0 Å². The summed E-state index contributed by atoms with van der Waals surface area (Å²) >= 11 is 0. The number of halogens is 3. The number of para-hydroxylation sites is 1. The lowest BCUT2D eigenvalue weighted by Crippen LogP contribution is -2.40. The van der Waals surface area contributed by atoms with Crippen molar-refractivity contribution in [3.8, 4) is 5.75 Å². The van der Waals surface area contributed by atoms with Gasteiger partial charge in [-0.3, -0.25) is 4.90 Å². The minimum absolute atomic E-state index is 0.116. The molecule has 0 amide bonds. The Bertz CT molecular complexity index is 825. The van der Waals surface area contributed by atoms with E-state index in [2.05, 4.69) is 14.9 Å². The summed E-state index contributed by atoms with van der Waals surface area (Å²) in [7, 11) is 1.66. The van der Waals surface area contributed by atoms with Crippen LogP contribution in [-0.4, -0.2) is 47.2 Å². The zero-order chi connectivity index (χ0) is 19.7. The summed E-state index contributed by atoms with van der Waals surface area (Å²) in [5.74, 6) is 1.05. The van der Waals surface area contributed by atoms with E-state index in [0.29, 0.717) is 0 Å². The second kappa shape index (κ2) is 7.58.